The van der Waals surface area contributed by atoms with Crippen molar-refractivity contribution in [2.75, 3.05) is 14.2 Å². The maximum atomic E-state index is 13.5. The van der Waals surface area contributed by atoms with Gasteiger partial charge >= 0.3 is 0 Å². The number of aromatic nitrogens is 1. The van der Waals surface area contributed by atoms with Crippen LogP contribution in [0.1, 0.15) is 33.9 Å². The molecule has 4 aromatic rings. The predicted octanol–water partition coefficient (Wildman–Crippen LogP) is 5.61. The van der Waals surface area contributed by atoms with Crippen LogP contribution < -0.4 is 14.2 Å². The normalized spacial score (nSPS) is 16.1. The Labute approximate surface area is 238 Å². The number of ether oxygens (including phenoxy) is 3. The second kappa shape index (κ2) is 12.0. The van der Waals surface area contributed by atoms with E-state index >= 15 is 0 Å². The molecule has 3 aromatic carbocycles. The summed E-state index contributed by atoms with van der Waals surface area (Å²) < 4.78 is 16.9. The second-order valence-corrected chi connectivity index (χ2v) is 9.66. The lowest BCUT2D eigenvalue weighted by Crippen LogP contribution is -2.29. The Morgan fingerprint density at radius 1 is 0.878 bits per heavy atom. The third kappa shape index (κ3) is 5.63. The van der Waals surface area contributed by atoms with Crippen LogP contribution >= 0.6 is 0 Å². The fourth-order valence-corrected chi connectivity index (χ4v) is 4.95. The van der Waals surface area contributed by atoms with E-state index < -0.39 is 17.7 Å². The number of nitrogens with zero attached hydrogens (tertiary/aromatic N) is 2. The summed E-state index contributed by atoms with van der Waals surface area (Å²) in [6.45, 7) is 2.38. The molecule has 1 fully saturated rings. The number of ketones is 1. The second-order valence-electron chi connectivity index (χ2n) is 9.66. The molecule has 1 aromatic heterocycles. The summed E-state index contributed by atoms with van der Waals surface area (Å²) in [7, 11) is 3.04. The molecule has 0 saturated carbocycles. The van der Waals surface area contributed by atoms with E-state index in [-0.39, 0.29) is 17.9 Å². The fraction of sp³-hybridized carbons (Fsp3) is 0.182. The van der Waals surface area contributed by atoms with Gasteiger partial charge in [0.25, 0.3) is 11.7 Å². The summed E-state index contributed by atoms with van der Waals surface area (Å²) in [5.74, 6) is -0.161. The molecule has 1 N–H and O–H groups in total. The van der Waals surface area contributed by atoms with Gasteiger partial charge in [-0.15, -0.1) is 0 Å². The van der Waals surface area contributed by atoms with Crippen LogP contribution in [0.4, 0.5) is 0 Å². The van der Waals surface area contributed by atoms with Crippen LogP contribution in [-0.2, 0) is 22.7 Å². The Bertz CT molecular complexity index is 1600. The molecule has 208 valence electrons. The molecule has 41 heavy (non-hydrogen) atoms. The Balaban J connectivity index is 1.55. The van der Waals surface area contributed by atoms with Crippen molar-refractivity contribution in [3.63, 3.8) is 0 Å². The lowest BCUT2D eigenvalue weighted by atomic mass is 9.94. The zero-order valence-corrected chi connectivity index (χ0v) is 23.0. The van der Waals surface area contributed by atoms with Gasteiger partial charge in [0.2, 0.25) is 0 Å². The summed E-state index contributed by atoms with van der Waals surface area (Å²) >= 11 is 0. The largest absolute Gasteiger partial charge is 0.507 e. The van der Waals surface area contributed by atoms with E-state index in [2.05, 4.69) is 4.98 Å². The number of pyridine rings is 1. The maximum Gasteiger partial charge on any atom is 0.295 e. The summed E-state index contributed by atoms with van der Waals surface area (Å²) in [4.78, 5) is 32.5. The number of carbonyl (C=O) groups excluding carboxylic acids is 2. The number of methoxy groups -OCH3 is 2. The number of rotatable bonds is 9. The SMILES string of the molecule is COc1ccc([C@@H]2C(=C(O)c3ccc(OCc4ccccc4)c(C)c3)C(=O)C(=O)N2Cc2cccnc2)cc1OC. The topological polar surface area (TPSA) is 98.2 Å². The van der Waals surface area contributed by atoms with Gasteiger partial charge in [-0.05, 0) is 65.6 Å². The van der Waals surface area contributed by atoms with E-state index in [1.165, 1.54) is 19.1 Å². The number of aryl methyl sites for hydroxylation is 1. The van der Waals surface area contributed by atoms with Gasteiger partial charge in [0.1, 0.15) is 18.1 Å². The average Bonchev–Trinajstić information content (AvgIpc) is 3.25. The van der Waals surface area contributed by atoms with Crippen LogP contribution in [0.3, 0.4) is 0 Å². The van der Waals surface area contributed by atoms with Crippen LogP contribution in [0.25, 0.3) is 5.76 Å². The van der Waals surface area contributed by atoms with Crippen molar-refractivity contribution in [1.82, 2.24) is 9.88 Å². The predicted molar refractivity (Wildman–Crippen MR) is 154 cm³/mol. The lowest BCUT2D eigenvalue weighted by molar-refractivity contribution is -0.140. The minimum Gasteiger partial charge on any atom is -0.507 e. The van der Waals surface area contributed by atoms with Gasteiger partial charge in [0.15, 0.2) is 11.5 Å². The summed E-state index contributed by atoms with van der Waals surface area (Å²) in [5, 5.41) is 11.5. The van der Waals surface area contributed by atoms with Gasteiger partial charge in [-0.25, -0.2) is 0 Å². The van der Waals surface area contributed by atoms with Crippen molar-refractivity contribution in [1.29, 1.82) is 0 Å². The first kappa shape index (κ1) is 27.5. The van der Waals surface area contributed by atoms with Gasteiger partial charge in [0, 0.05) is 24.5 Å². The third-order valence-corrected chi connectivity index (χ3v) is 7.02. The molecule has 0 radical (unpaired) electrons. The van der Waals surface area contributed by atoms with Crippen molar-refractivity contribution >= 4 is 17.4 Å². The van der Waals surface area contributed by atoms with Crippen molar-refractivity contribution in [2.45, 2.75) is 26.1 Å². The number of aliphatic hydroxyl groups is 1. The van der Waals surface area contributed by atoms with Crippen LogP contribution in [0.2, 0.25) is 0 Å². The van der Waals surface area contributed by atoms with Crippen LogP contribution in [-0.4, -0.2) is 40.9 Å². The summed E-state index contributed by atoms with van der Waals surface area (Å²) in [5.41, 5.74) is 3.53. The highest BCUT2D eigenvalue weighted by Gasteiger charge is 2.46. The van der Waals surface area contributed by atoms with Crippen molar-refractivity contribution in [2.24, 2.45) is 0 Å². The van der Waals surface area contributed by atoms with Crippen LogP contribution in [0.15, 0.2) is 96.8 Å². The lowest BCUT2D eigenvalue weighted by Gasteiger charge is -2.26. The van der Waals surface area contributed by atoms with Crippen LogP contribution in [0.5, 0.6) is 17.2 Å². The first-order valence-electron chi connectivity index (χ1n) is 13.1. The molecule has 0 unspecified atom stereocenters. The Morgan fingerprint density at radius 3 is 2.29 bits per heavy atom. The monoisotopic (exact) mass is 550 g/mol. The maximum absolute atomic E-state index is 13.5. The molecule has 5 rings (SSSR count). The highest BCUT2D eigenvalue weighted by atomic mass is 16.5. The quantitative estimate of drug-likeness (QED) is 0.164. The molecule has 8 heteroatoms. The first-order chi connectivity index (χ1) is 19.9. The van der Waals surface area contributed by atoms with E-state index in [0.29, 0.717) is 35.0 Å². The number of amides is 1. The zero-order valence-electron chi connectivity index (χ0n) is 23.0. The van der Waals surface area contributed by atoms with Gasteiger partial charge in [-0.3, -0.25) is 14.6 Å². The number of Topliss-reactive ketones (excluding diaryl/α,β-unsaturated/α-hetero) is 1. The smallest absolute Gasteiger partial charge is 0.295 e. The highest BCUT2D eigenvalue weighted by molar-refractivity contribution is 6.46. The molecule has 2 heterocycles. The highest BCUT2D eigenvalue weighted by Crippen LogP contribution is 2.43. The number of hydrogen-bond acceptors (Lipinski definition) is 7. The zero-order chi connectivity index (χ0) is 28.9. The molecular formula is C33H30N2O6. The van der Waals surface area contributed by atoms with Gasteiger partial charge < -0.3 is 24.2 Å². The number of likely N-dealkylation sites (tertiary alicyclic amines) is 1. The molecule has 0 bridgehead atoms. The van der Waals surface area contributed by atoms with Crippen LogP contribution in [0, 0.1) is 6.92 Å². The van der Waals surface area contributed by atoms with E-state index in [4.69, 9.17) is 14.2 Å². The molecule has 1 aliphatic rings. The van der Waals surface area contributed by atoms with Crippen molar-refractivity contribution in [3.8, 4) is 17.2 Å². The molecule has 1 saturated heterocycles. The number of hydrogen-bond donors (Lipinski definition) is 1. The number of benzene rings is 3. The van der Waals surface area contributed by atoms with Gasteiger partial charge in [-0.2, -0.15) is 0 Å². The minimum atomic E-state index is -0.871. The van der Waals surface area contributed by atoms with E-state index in [0.717, 1.165) is 16.7 Å². The average molecular weight is 551 g/mol. The third-order valence-electron chi connectivity index (χ3n) is 7.02. The Hall–Kier alpha value is -5.11. The van der Waals surface area contributed by atoms with Gasteiger partial charge in [0.05, 0.1) is 25.8 Å². The molecule has 0 aliphatic carbocycles. The summed E-state index contributed by atoms with van der Waals surface area (Å²) in [6, 6.07) is 22.9. The number of carbonyl (C=O) groups is 2. The fourth-order valence-electron chi connectivity index (χ4n) is 4.95. The van der Waals surface area contributed by atoms with Crippen molar-refractivity contribution in [3.05, 3.63) is 125 Å². The molecule has 1 amide bonds. The van der Waals surface area contributed by atoms with Crippen molar-refractivity contribution < 1.29 is 28.9 Å². The molecular weight excluding hydrogens is 520 g/mol. The van der Waals surface area contributed by atoms with Gasteiger partial charge in [-0.1, -0.05) is 42.5 Å². The Morgan fingerprint density at radius 2 is 1.61 bits per heavy atom. The summed E-state index contributed by atoms with van der Waals surface area (Å²) in [6.07, 6.45) is 3.28. The van der Waals surface area contributed by atoms with E-state index in [9.17, 15) is 14.7 Å². The molecule has 0 spiro atoms. The van der Waals surface area contributed by atoms with E-state index in [1.54, 1.807) is 54.9 Å². The number of aliphatic hydroxyl groups excluding tert-OH is 1. The molecule has 1 atom stereocenters. The Kier molecular flexibility index (Phi) is 8.01. The minimum absolute atomic E-state index is 0.0107. The molecule has 1 aliphatic heterocycles. The van der Waals surface area contributed by atoms with E-state index in [1.807, 2.05) is 43.3 Å². The first-order valence-corrected chi connectivity index (χ1v) is 13.1. The molecule has 8 nitrogen and oxygen atoms in total. The standard InChI is InChI=1S/C33H30N2O6/c1-21-16-25(12-13-26(21)41-20-22-8-5-4-6-9-22)31(36)29-30(24-11-14-27(39-2)28(17-24)40-3)35(33(38)32(29)37)19-23-10-7-15-34-18-23/h4-18,30,36H,19-20H2,1-3H3/t30-/m1/s1.